The van der Waals surface area contributed by atoms with Gasteiger partial charge in [0.15, 0.2) is 0 Å². The second kappa shape index (κ2) is 6.44. The molecule has 0 aliphatic heterocycles. The monoisotopic (exact) mass is 244 g/mol. The zero-order valence-corrected chi connectivity index (χ0v) is 10.2. The summed E-state index contributed by atoms with van der Waals surface area (Å²) in [7, 11) is 1.65. The molecule has 1 rings (SSSR count). The summed E-state index contributed by atoms with van der Waals surface area (Å²) in [5.74, 6) is -0.903. The van der Waals surface area contributed by atoms with E-state index in [-0.39, 0.29) is 30.6 Å². The van der Waals surface area contributed by atoms with Crippen molar-refractivity contribution in [2.45, 2.75) is 50.8 Å². The van der Waals surface area contributed by atoms with E-state index < -0.39 is 5.97 Å². The number of carbonyl (C=O) groups excluding carboxylic acids is 1. The van der Waals surface area contributed by atoms with Gasteiger partial charge in [0, 0.05) is 19.2 Å². The number of rotatable bonds is 6. The first kappa shape index (κ1) is 13.8. The minimum atomic E-state index is -0.903. The van der Waals surface area contributed by atoms with Crippen LogP contribution in [0, 0.1) is 0 Å². The average molecular weight is 244 g/mol. The summed E-state index contributed by atoms with van der Waals surface area (Å²) in [4.78, 5) is 22.1. The van der Waals surface area contributed by atoms with E-state index in [1.165, 1.54) is 0 Å². The Labute approximate surface area is 101 Å². The van der Waals surface area contributed by atoms with Gasteiger partial charge in [0.25, 0.3) is 0 Å². The second-order valence-electron chi connectivity index (χ2n) is 4.35. The third-order valence-electron chi connectivity index (χ3n) is 3.01. The van der Waals surface area contributed by atoms with Gasteiger partial charge in [-0.3, -0.25) is 4.79 Å². The fourth-order valence-electron chi connectivity index (χ4n) is 1.80. The van der Waals surface area contributed by atoms with Gasteiger partial charge in [-0.05, 0) is 19.3 Å². The number of urea groups is 1. The number of carboxylic acids is 1. The molecule has 1 fully saturated rings. The highest BCUT2D eigenvalue weighted by molar-refractivity contribution is 5.76. The summed E-state index contributed by atoms with van der Waals surface area (Å²) in [6.45, 7) is 1.85. The van der Waals surface area contributed by atoms with Crippen LogP contribution in [0.4, 0.5) is 4.79 Å². The fourth-order valence-corrected chi connectivity index (χ4v) is 1.80. The first-order chi connectivity index (χ1) is 8.05. The number of hydrogen-bond acceptors (Lipinski definition) is 3. The standard InChI is InChI=1S/C11H20N2O4/c1-3-7(6-10(14)15)12-11(16)13-8-4-9(5-8)17-2/h7-9H,3-6H2,1-2H3,(H,14,15)(H2,12,13,16). The minimum absolute atomic E-state index is 0.0463. The maximum atomic E-state index is 11.5. The summed E-state index contributed by atoms with van der Waals surface area (Å²) in [6.07, 6.45) is 2.43. The molecular formula is C11H20N2O4. The van der Waals surface area contributed by atoms with Crippen LogP contribution >= 0.6 is 0 Å². The molecule has 1 aliphatic rings. The zero-order chi connectivity index (χ0) is 12.8. The van der Waals surface area contributed by atoms with E-state index >= 15 is 0 Å². The maximum Gasteiger partial charge on any atom is 0.315 e. The van der Waals surface area contributed by atoms with Crippen molar-refractivity contribution in [3.05, 3.63) is 0 Å². The van der Waals surface area contributed by atoms with E-state index in [0.717, 1.165) is 12.8 Å². The summed E-state index contributed by atoms with van der Waals surface area (Å²) in [5, 5.41) is 14.1. The van der Waals surface area contributed by atoms with E-state index in [1.54, 1.807) is 7.11 Å². The smallest absolute Gasteiger partial charge is 0.315 e. The summed E-state index contributed by atoms with van der Waals surface area (Å²) in [6, 6.07) is -0.467. The molecule has 6 heteroatoms. The third kappa shape index (κ3) is 4.60. The molecule has 1 unspecified atom stereocenters. The Bertz CT molecular complexity index is 277. The highest BCUT2D eigenvalue weighted by Crippen LogP contribution is 2.22. The molecule has 3 N–H and O–H groups in total. The Morgan fingerprint density at radius 2 is 2.12 bits per heavy atom. The summed E-state index contributed by atoms with van der Waals surface area (Å²) >= 11 is 0. The molecule has 0 aromatic heterocycles. The molecule has 6 nitrogen and oxygen atoms in total. The maximum absolute atomic E-state index is 11.5. The van der Waals surface area contributed by atoms with Gasteiger partial charge < -0.3 is 20.5 Å². The predicted octanol–water partition coefficient (Wildman–Crippen LogP) is 0.716. The molecule has 0 aromatic rings. The van der Waals surface area contributed by atoms with Crippen LogP contribution in [0.15, 0.2) is 0 Å². The molecule has 17 heavy (non-hydrogen) atoms. The van der Waals surface area contributed by atoms with Crippen LogP contribution in [0.25, 0.3) is 0 Å². The number of amides is 2. The lowest BCUT2D eigenvalue weighted by atomic mass is 9.89. The van der Waals surface area contributed by atoms with E-state index in [9.17, 15) is 9.59 Å². The Morgan fingerprint density at radius 1 is 1.47 bits per heavy atom. The van der Waals surface area contributed by atoms with Crippen LogP contribution in [-0.2, 0) is 9.53 Å². The quantitative estimate of drug-likeness (QED) is 0.642. The van der Waals surface area contributed by atoms with E-state index in [4.69, 9.17) is 9.84 Å². The molecule has 1 saturated carbocycles. The molecule has 2 amide bonds. The van der Waals surface area contributed by atoms with Gasteiger partial charge in [-0.25, -0.2) is 4.79 Å². The SMILES string of the molecule is CCC(CC(=O)O)NC(=O)NC1CC(OC)C1. The largest absolute Gasteiger partial charge is 0.481 e. The van der Waals surface area contributed by atoms with Crippen molar-refractivity contribution < 1.29 is 19.4 Å². The number of methoxy groups -OCH3 is 1. The third-order valence-corrected chi connectivity index (χ3v) is 3.01. The van der Waals surface area contributed by atoms with Crippen molar-refractivity contribution in [3.63, 3.8) is 0 Å². The Balaban J connectivity index is 2.21. The van der Waals surface area contributed by atoms with Gasteiger partial charge in [0.1, 0.15) is 0 Å². The second-order valence-corrected chi connectivity index (χ2v) is 4.35. The van der Waals surface area contributed by atoms with Crippen LogP contribution in [0.1, 0.15) is 32.6 Å². The molecule has 1 aliphatic carbocycles. The Kier molecular flexibility index (Phi) is 5.21. The highest BCUT2D eigenvalue weighted by Gasteiger charge is 2.30. The van der Waals surface area contributed by atoms with E-state index in [0.29, 0.717) is 6.42 Å². The number of carboxylic acid groups (broad SMARTS) is 1. The van der Waals surface area contributed by atoms with Gasteiger partial charge in [0.05, 0.1) is 12.5 Å². The molecule has 0 aromatic carbocycles. The van der Waals surface area contributed by atoms with Crippen LogP contribution in [-0.4, -0.2) is 42.4 Å². The van der Waals surface area contributed by atoms with Crippen molar-refractivity contribution in [2.75, 3.05) is 7.11 Å². The van der Waals surface area contributed by atoms with Crippen LogP contribution in [0.3, 0.4) is 0 Å². The summed E-state index contributed by atoms with van der Waals surface area (Å²) in [5.41, 5.74) is 0. The molecular weight excluding hydrogens is 224 g/mol. The van der Waals surface area contributed by atoms with Gasteiger partial charge in [-0.2, -0.15) is 0 Å². The number of ether oxygens (including phenoxy) is 1. The van der Waals surface area contributed by atoms with Gasteiger partial charge in [0.2, 0.25) is 0 Å². The van der Waals surface area contributed by atoms with Gasteiger partial charge in [-0.15, -0.1) is 0 Å². The number of nitrogens with one attached hydrogen (secondary N) is 2. The number of hydrogen-bond donors (Lipinski definition) is 3. The first-order valence-electron chi connectivity index (χ1n) is 5.86. The number of aliphatic carboxylic acids is 1. The first-order valence-corrected chi connectivity index (χ1v) is 5.86. The number of carbonyl (C=O) groups is 2. The van der Waals surface area contributed by atoms with Gasteiger partial charge in [-0.1, -0.05) is 6.92 Å². The van der Waals surface area contributed by atoms with Crippen LogP contribution in [0.2, 0.25) is 0 Å². The van der Waals surface area contributed by atoms with Crippen molar-refractivity contribution >= 4 is 12.0 Å². The topological polar surface area (TPSA) is 87.7 Å². The molecule has 1 atom stereocenters. The lowest BCUT2D eigenvalue weighted by Gasteiger charge is -2.34. The van der Waals surface area contributed by atoms with E-state index in [1.807, 2.05) is 6.92 Å². The fraction of sp³-hybridized carbons (Fsp3) is 0.818. The molecule has 98 valence electrons. The van der Waals surface area contributed by atoms with Crippen molar-refractivity contribution in [1.29, 1.82) is 0 Å². The molecule has 0 bridgehead atoms. The van der Waals surface area contributed by atoms with Gasteiger partial charge >= 0.3 is 12.0 Å². The molecule has 0 heterocycles. The Hall–Kier alpha value is -1.30. The van der Waals surface area contributed by atoms with Crippen LogP contribution in [0.5, 0.6) is 0 Å². The minimum Gasteiger partial charge on any atom is -0.481 e. The zero-order valence-electron chi connectivity index (χ0n) is 10.2. The lowest BCUT2D eigenvalue weighted by Crippen LogP contribution is -2.52. The lowest BCUT2D eigenvalue weighted by molar-refractivity contribution is -0.137. The normalized spacial score (nSPS) is 24.6. The van der Waals surface area contributed by atoms with Crippen molar-refractivity contribution in [1.82, 2.24) is 10.6 Å². The van der Waals surface area contributed by atoms with Crippen molar-refractivity contribution in [3.8, 4) is 0 Å². The predicted molar refractivity (Wildman–Crippen MR) is 61.8 cm³/mol. The Morgan fingerprint density at radius 3 is 2.59 bits per heavy atom. The van der Waals surface area contributed by atoms with E-state index in [2.05, 4.69) is 10.6 Å². The average Bonchev–Trinajstić information content (AvgIpc) is 2.21. The molecule has 0 spiro atoms. The van der Waals surface area contributed by atoms with Crippen molar-refractivity contribution in [2.24, 2.45) is 0 Å². The van der Waals surface area contributed by atoms with Crippen LogP contribution < -0.4 is 10.6 Å². The molecule has 0 saturated heterocycles. The highest BCUT2D eigenvalue weighted by atomic mass is 16.5. The summed E-state index contributed by atoms with van der Waals surface area (Å²) < 4.78 is 5.10. The molecule has 0 radical (unpaired) electrons.